The van der Waals surface area contributed by atoms with Gasteiger partial charge in [-0.2, -0.15) is 5.10 Å². The first-order chi connectivity index (χ1) is 17.8. The first-order valence-electron chi connectivity index (χ1n) is 11.5. The summed E-state index contributed by atoms with van der Waals surface area (Å²) in [5.74, 6) is -0.440. The molecule has 0 saturated heterocycles. The molecule has 37 heavy (non-hydrogen) atoms. The highest BCUT2D eigenvalue weighted by Crippen LogP contribution is 2.35. The number of nitrogens with one attached hydrogen (secondary N) is 3. The van der Waals surface area contributed by atoms with Gasteiger partial charge >= 0.3 is 0 Å². The van der Waals surface area contributed by atoms with E-state index in [-0.39, 0.29) is 6.54 Å². The third-order valence-electron chi connectivity index (χ3n) is 6.16. The number of nitrogens with zero attached hydrogens (tertiary/aromatic N) is 3. The van der Waals surface area contributed by atoms with Crippen molar-refractivity contribution in [3.63, 3.8) is 0 Å². The van der Waals surface area contributed by atoms with Crippen LogP contribution in [0.3, 0.4) is 0 Å². The molecule has 0 spiro atoms. The number of rotatable bonds is 6. The number of hydrogen-bond donors (Lipinski definition) is 3. The third kappa shape index (κ3) is 4.59. The minimum atomic E-state index is -3.40. The van der Waals surface area contributed by atoms with E-state index in [4.69, 9.17) is 0 Å². The number of sulfonamides is 1. The van der Waals surface area contributed by atoms with Crippen molar-refractivity contribution in [3.05, 3.63) is 90.6 Å². The van der Waals surface area contributed by atoms with Crippen LogP contribution in [0.15, 0.2) is 79.3 Å². The highest BCUT2D eigenvalue weighted by atomic mass is 32.2. The summed E-state index contributed by atoms with van der Waals surface area (Å²) in [4.78, 5) is 12.0. The van der Waals surface area contributed by atoms with Crippen molar-refractivity contribution in [1.29, 1.82) is 0 Å². The van der Waals surface area contributed by atoms with Gasteiger partial charge in [0.1, 0.15) is 5.82 Å². The van der Waals surface area contributed by atoms with Crippen LogP contribution in [0.5, 0.6) is 0 Å². The van der Waals surface area contributed by atoms with E-state index in [1.54, 1.807) is 24.7 Å². The van der Waals surface area contributed by atoms with Gasteiger partial charge in [0.05, 0.1) is 17.6 Å². The first-order valence-corrected chi connectivity index (χ1v) is 13.3. The van der Waals surface area contributed by atoms with Gasteiger partial charge in [0.2, 0.25) is 10.0 Å². The molecular weight excluding hydrogens is 491 g/mol. The Morgan fingerprint density at radius 2 is 1.78 bits per heavy atom. The maximum absolute atomic E-state index is 14.5. The van der Waals surface area contributed by atoms with E-state index in [0.29, 0.717) is 16.8 Å². The van der Waals surface area contributed by atoms with Gasteiger partial charge in [0, 0.05) is 47.0 Å². The molecule has 0 atom stereocenters. The van der Waals surface area contributed by atoms with Crippen LogP contribution in [0.25, 0.3) is 55.6 Å². The smallest absolute Gasteiger partial charge is 0.209 e. The van der Waals surface area contributed by atoms with E-state index >= 15 is 0 Å². The van der Waals surface area contributed by atoms with E-state index in [1.165, 1.54) is 12.1 Å². The van der Waals surface area contributed by atoms with Gasteiger partial charge in [-0.3, -0.25) is 10.1 Å². The van der Waals surface area contributed by atoms with Crippen LogP contribution >= 0.6 is 0 Å². The lowest BCUT2D eigenvalue weighted by molar-refractivity contribution is 0.586. The predicted molar refractivity (Wildman–Crippen MR) is 141 cm³/mol. The van der Waals surface area contributed by atoms with Gasteiger partial charge in [-0.25, -0.2) is 22.5 Å². The fourth-order valence-corrected chi connectivity index (χ4v) is 4.90. The Bertz CT molecular complexity index is 1880. The molecule has 6 rings (SSSR count). The number of aromatic amines is 2. The van der Waals surface area contributed by atoms with Crippen molar-refractivity contribution < 1.29 is 12.8 Å². The molecule has 4 aromatic heterocycles. The zero-order chi connectivity index (χ0) is 25.6. The SMILES string of the molecule is CS(=O)(=O)NCc1cc(F)cc(-c2cccc3[nH]c(-c4[nH]nc5ncc(-c6ccncc6)cc45)cc23)c1. The highest BCUT2D eigenvalue weighted by Gasteiger charge is 2.15. The van der Waals surface area contributed by atoms with Crippen molar-refractivity contribution in [3.8, 4) is 33.6 Å². The van der Waals surface area contributed by atoms with Crippen molar-refractivity contribution >= 4 is 32.0 Å². The van der Waals surface area contributed by atoms with Crippen LogP contribution in [0.2, 0.25) is 0 Å². The molecule has 0 aliphatic carbocycles. The molecule has 0 amide bonds. The minimum absolute atomic E-state index is 0.00486. The number of hydrogen-bond acceptors (Lipinski definition) is 5. The second-order valence-corrected chi connectivity index (χ2v) is 10.7. The first kappa shape index (κ1) is 23.0. The molecule has 2 aromatic carbocycles. The van der Waals surface area contributed by atoms with E-state index in [9.17, 15) is 12.8 Å². The third-order valence-corrected chi connectivity index (χ3v) is 6.83. The van der Waals surface area contributed by atoms with Crippen molar-refractivity contribution in [2.75, 3.05) is 6.26 Å². The summed E-state index contributed by atoms with van der Waals surface area (Å²) < 4.78 is 39.9. The second kappa shape index (κ2) is 8.91. The summed E-state index contributed by atoms with van der Waals surface area (Å²) in [5, 5.41) is 9.22. The predicted octanol–water partition coefficient (Wildman–Crippen LogP) is 5.02. The molecule has 0 fully saturated rings. The zero-order valence-electron chi connectivity index (χ0n) is 19.7. The summed E-state index contributed by atoms with van der Waals surface area (Å²) in [6.07, 6.45) is 6.34. The molecule has 10 heteroatoms. The Hall–Kier alpha value is -4.41. The van der Waals surface area contributed by atoms with Crippen LogP contribution in [0, 0.1) is 5.82 Å². The van der Waals surface area contributed by atoms with E-state index in [2.05, 4.69) is 29.9 Å². The summed E-state index contributed by atoms with van der Waals surface area (Å²) in [5.41, 5.74) is 7.02. The number of aromatic nitrogens is 5. The topological polar surface area (TPSA) is 116 Å². The molecule has 0 unspecified atom stereocenters. The molecule has 184 valence electrons. The molecule has 3 N–H and O–H groups in total. The number of pyridine rings is 2. The normalized spacial score (nSPS) is 11.9. The highest BCUT2D eigenvalue weighted by molar-refractivity contribution is 7.88. The van der Waals surface area contributed by atoms with Crippen LogP contribution in [0.4, 0.5) is 4.39 Å². The summed E-state index contributed by atoms with van der Waals surface area (Å²) in [7, 11) is -3.40. The molecule has 0 aliphatic heterocycles. The summed E-state index contributed by atoms with van der Waals surface area (Å²) >= 11 is 0. The second-order valence-electron chi connectivity index (χ2n) is 8.82. The van der Waals surface area contributed by atoms with Gasteiger partial charge in [-0.05, 0) is 70.8 Å². The van der Waals surface area contributed by atoms with Crippen LogP contribution in [-0.2, 0) is 16.6 Å². The molecule has 0 bridgehead atoms. The van der Waals surface area contributed by atoms with Gasteiger partial charge in [0.15, 0.2) is 5.65 Å². The Morgan fingerprint density at radius 1 is 0.946 bits per heavy atom. The molecule has 0 saturated carbocycles. The van der Waals surface area contributed by atoms with E-state index < -0.39 is 15.8 Å². The zero-order valence-corrected chi connectivity index (χ0v) is 20.5. The van der Waals surface area contributed by atoms with E-state index in [0.717, 1.165) is 50.6 Å². The fourth-order valence-electron chi connectivity index (χ4n) is 4.47. The van der Waals surface area contributed by atoms with Gasteiger partial charge < -0.3 is 4.98 Å². The maximum Gasteiger partial charge on any atom is 0.209 e. The number of H-pyrrole nitrogens is 2. The maximum atomic E-state index is 14.5. The average Bonchev–Trinajstić information content (AvgIpc) is 3.51. The quantitative estimate of drug-likeness (QED) is 0.290. The Balaban J connectivity index is 1.44. The van der Waals surface area contributed by atoms with Gasteiger partial charge in [-0.15, -0.1) is 0 Å². The summed E-state index contributed by atoms with van der Waals surface area (Å²) in [6.45, 7) is 0.00486. The lowest BCUT2D eigenvalue weighted by Crippen LogP contribution is -2.21. The standard InChI is InChI=1S/C27H21FN6O2S/c1-37(35,36)31-14-16-9-18(11-20(28)10-16)21-3-2-4-24-22(21)13-25(32-24)26-23-12-19(15-30-27(23)34-33-26)17-5-7-29-8-6-17/h2-13,15,31-32H,14H2,1H3,(H,30,33,34). The van der Waals surface area contributed by atoms with E-state index in [1.807, 2.05) is 42.5 Å². The number of benzene rings is 2. The Morgan fingerprint density at radius 3 is 2.59 bits per heavy atom. The van der Waals surface area contributed by atoms with Crippen molar-refractivity contribution in [2.45, 2.75) is 6.54 Å². The lowest BCUT2D eigenvalue weighted by Gasteiger charge is -2.08. The van der Waals surface area contributed by atoms with Crippen molar-refractivity contribution in [1.82, 2.24) is 29.9 Å². The fraction of sp³-hybridized carbons (Fsp3) is 0.0741. The van der Waals surface area contributed by atoms with Crippen LogP contribution in [0.1, 0.15) is 5.56 Å². The largest absolute Gasteiger partial charge is 0.353 e. The van der Waals surface area contributed by atoms with Crippen LogP contribution < -0.4 is 4.72 Å². The van der Waals surface area contributed by atoms with Gasteiger partial charge in [0.25, 0.3) is 0 Å². The Labute approximate surface area is 211 Å². The lowest BCUT2D eigenvalue weighted by atomic mass is 9.99. The van der Waals surface area contributed by atoms with Gasteiger partial charge in [-0.1, -0.05) is 12.1 Å². The molecule has 8 nitrogen and oxygen atoms in total. The van der Waals surface area contributed by atoms with Crippen molar-refractivity contribution in [2.24, 2.45) is 0 Å². The molecule has 6 aromatic rings. The monoisotopic (exact) mass is 512 g/mol. The number of halogens is 1. The molecule has 4 heterocycles. The summed E-state index contributed by atoms with van der Waals surface area (Å²) in [6, 6.07) is 18.2. The molecule has 0 radical (unpaired) electrons. The molecule has 0 aliphatic rings. The minimum Gasteiger partial charge on any atom is -0.353 e. The average molecular weight is 513 g/mol. The molecular formula is C27H21FN6O2S. The Kier molecular flexibility index (Phi) is 5.54. The van der Waals surface area contributed by atoms with Crippen LogP contribution in [-0.4, -0.2) is 39.8 Å². The number of fused-ring (bicyclic) bond motifs is 2.